The zero-order valence-electron chi connectivity index (χ0n) is 15.6. The Morgan fingerprint density at radius 3 is 2.58 bits per heavy atom. The molecule has 0 aliphatic heterocycles. The van der Waals surface area contributed by atoms with E-state index in [0.717, 1.165) is 24.0 Å². The number of aliphatic hydroxyl groups is 1. The Kier molecular flexibility index (Phi) is 6.07. The Morgan fingerprint density at radius 1 is 1.15 bits per heavy atom. The Morgan fingerprint density at radius 2 is 1.85 bits per heavy atom. The van der Waals surface area contributed by atoms with E-state index < -0.39 is 6.10 Å². The van der Waals surface area contributed by atoms with Crippen LogP contribution in [0.5, 0.6) is 0 Å². The van der Waals surface area contributed by atoms with Crippen molar-refractivity contribution < 1.29 is 9.90 Å². The molecule has 2 N–H and O–H groups in total. The predicted octanol–water partition coefficient (Wildman–Crippen LogP) is 2.71. The first kappa shape index (κ1) is 18.6. The van der Waals surface area contributed by atoms with Crippen LogP contribution < -0.4 is 5.32 Å². The van der Waals surface area contributed by atoms with Crippen LogP contribution in [0.25, 0.3) is 0 Å². The molecule has 1 aliphatic rings. The fraction of sp³-hybridized carbons (Fsp3) is 0.409. The number of fused-ring (bicyclic) bond motifs is 1. The molecule has 2 aromatic rings. The molecule has 3 rings (SSSR count). The van der Waals surface area contributed by atoms with E-state index in [0.29, 0.717) is 18.9 Å². The molecule has 0 unspecified atom stereocenters. The lowest BCUT2D eigenvalue weighted by atomic mass is 10.0. The van der Waals surface area contributed by atoms with E-state index >= 15 is 0 Å². The van der Waals surface area contributed by atoms with Gasteiger partial charge in [-0.25, -0.2) is 0 Å². The lowest BCUT2D eigenvalue weighted by Gasteiger charge is -2.25. The van der Waals surface area contributed by atoms with Crippen LogP contribution in [0.2, 0.25) is 0 Å². The number of hydrogen-bond acceptors (Lipinski definition) is 3. The second-order valence-corrected chi connectivity index (χ2v) is 7.36. The van der Waals surface area contributed by atoms with E-state index in [1.807, 2.05) is 42.5 Å². The van der Waals surface area contributed by atoms with Gasteiger partial charge in [-0.15, -0.1) is 0 Å². The van der Waals surface area contributed by atoms with Gasteiger partial charge in [0.25, 0.3) is 0 Å². The number of nitrogens with one attached hydrogen (secondary N) is 1. The van der Waals surface area contributed by atoms with Crippen molar-refractivity contribution in [2.75, 3.05) is 14.1 Å². The summed E-state index contributed by atoms with van der Waals surface area (Å²) in [5.41, 5.74) is 3.45. The maximum atomic E-state index is 12.5. The molecule has 0 aromatic heterocycles. The van der Waals surface area contributed by atoms with Crippen molar-refractivity contribution in [2.45, 2.75) is 43.9 Å². The van der Waals surface area contributed by atoms with Crippen LogP contribution in [-0.2, 0) is 17.6 Å². The summed E-state index contributed by atoms with van der Waals surface area (Å²) < 4.78 is 0. The van der Waals surface area contributed by atoms with Crippen LogP contribution in [0, 0.1) is 0 Å². The maximum absolute atomic E-state index is 12.5. The number of hydrogen-bond donors (Lipinski definition) is 2. The number of aliphatic hydroxyl groups excluding tert-OH is 1. The average Bonchev–Trinajstić information content (AvgIpc) is 2.95. The smallest absolute Gasteiger partial charge is 0.220 e. The molecule has 0 spiro atoms. The van der Waals surface area contributed by atoms with Gasteiger partial charge in [0.15, 0.2) is 0 Å². The summed E-state index contributed by atoms with van der Waals surface area (Å²) >= 11 is 0. The molecule has 0 radical (unpaired) electrons. The third-order valence-electron chi connectivity index (χ3n) is 5.27. The van der Waals surface area contributed by atoms with Crippen LogP contribution in [0.3, 0.4) is 0 Å². The van der Waals surface area contributed by atoms with Gasteiger partial charge in [0, 0.05) is 18.9 Å². The molecule has 3 atom stereocenters. The number of carbonyl (C=O) groups excluding carboxylic acids is 1. The molecule has 2 aromatic carbocycles. The van der Waals surface area contributed by atoms with E-state index in [2.05, 4.69) is 36.4 Å². The second kappa shape index (κ2) is 8.47. The van der Waals surface area contributed by atoms with Gasteiger partial charge in [-0.1, -0.05) is 54.6 Å². The molecular formula is C22H28N2O2. The number of nitrogens with zero attached hydrogens (tertiary/aromatic N) is 1. The highest BCUT2D eigenvalue weighted by Crippen LogP contribution is 2.31. The summed E-state index contributed by atoms with van der Waals surface area (Å²) in [6.07, 6.45) is 2.25. The van der Waals surface area contributed by atoms with Crippen LogP contribution in [-0.4, -0.2) is 42.2 Å². The van der Waals surface area contributed by atoms with Crippen LogP contribution in [0.4, 0.5) is 0 Å². The van der Waals surface area contributed by atoms with Crippen molar-refractivity contribution in [1.82, 2.24) is 10.2 Å². The van der Waals surface area contributed by atoms with Gasteiger partial charge in [-0.05, 0) is 43.6 Å². The van der Waals surface area contributed by atoms with Crippen LogP contribution in [0.15, 0.2) is 54.6 Å². The van der Waals surface area contributed by atoms with Crippen molar-refractivity contribution in [2.24, 2.45) is 0 Å². The van der Waals surface area contributed by atoms with E-state index in [1.165, 1.54) is 5.56 Å². The monoisotopic (exact) mass is 352 g/mol. The van der Waals surface area contributed by atoms with Crippen molar-refractivity contribution in [3.05, 3.63) is 71.3 Å². The zero-order chi connectivity index (χ0) is 18.5. The highest BCUT2D eigenvalue weighted by atomic mass is 16.3. The number of benzene rings is 2. The minimum atomic E-state index is -0.537. The molecular weight excluding hydrogens is 324 g/mol. The van der Waals surface area contributed by atoms with E-state index in [9.17, 15) is 9.90 Å². The number of carbonyl (C=O) groups is 1. The predicted molar refractivity (Wildman–Crippen MR) is 104 cm³/mol. The summed E-state index contributed by atoms with van der Waals surface area (Å²) in [5, 5.41) is 13.3. The van der Waals surface area contributed by atoms with Crippen molar-refractivity contribution in [3.63, 3.8) is 0 Å². The second-order valence-electron chi connectivity index (χ2n) is 7.36. The van der Waals surface area contributed by atoms with Gasteiger partial charge >= 0.3 is 0 Å². The summed E-state index contributed by atoms with van der Waals surface area (Å²) in [7, 11) is 4.12. The summed E-state index contributed by atoms with van der Waals surface area (Å²) in [6.45, 7) is 0. The maximum Gasteiger partial charge on any atom is 0.220 e. The SMILES string of the molecule is CN(C)[C@H](CCC(=O)N[C@@H]1c2ccccc2C[C@@H]1O)Cc1ccccc1. The van der Waals surface area contributed by atoms with Crippen molar-refractivity contribution in [1.29, 1.82) is 0 Å². The Balaban J connectivity index is 1.56. The minimum absolute atomic E-state index is 0.00525. The minimum Gasteiger partial charge on any atom is -0.390 e. The normalized spacial score (nSPS) is 20.0. The largest absolute Gasteiger partial charge is 0.390 e. The topological polar surface area (TPSA) is 52.6 Å². The Hall–Kier alpha value is -2.17. The molecule has 1 aliphatic carbocycles. The lowest BCUT2D eigenvalue weighted by Crippen LogP contribution is -2.36. The molecule has 0 fully saturated rings. The van der Waals surface area contributed by atoms with Gasteiger partial charge in [-0.2, -0.15) is 0 Å². The molecule has 138 valence electrons. The van der Waals surface area contributed by atoms with E-state index in [-0.39, 0.29) is 11.9 Å². The van der Waals surface area contributed by atoms with Gasteiger partial charge in [0.2, 0.25) is 5.91 Å². The fourth-order valence-corrected chi connectivity index (χ4v) is 3.72. The summed E-state index contributed by atoms with van der Waals surface area (Å²) in [6, 6.07) is 18.3. The van der Waals surface area contributed by atoms with Crippen LogP contribution >= 0.6 is 0 Å². The molecule has 0 bridgehead atoms. The highest BCUT2D eigenvalue weighted by molar-refractivity contribution is 5.76. The average molecular weight is 352 g/mol. The highest BCUT2D eigenvalue weighted by Gasteiger charge is 2.31. The van der Waals surface area contributed by atoms with E-state index in [1.54, 1.807) is 0 Å². The quantitative estimate of drug-likeness (QED) is 0.806. The first-order valence-corrected chi connectivity index (χ1v) is 9.30. The fourth-order valence-electron chi connectivity index (χ4n) is 3.72. The van der Waals surface area contributed by atoms with Crippen LogP contribution in [0.1, 0.15) is 35.6 Å². The standard InChI is InChI=1S/C22H28N2O2/c1-24(2)18(14-16-8-4-3-5-9-16)12-13-21(26)23-22-19-11-7-6-10-17(19)15-20(22)25/h3-11,18,20,22,25H,12-15H2,1-2H3,(H,23,26)/t18-,20+,22-/m1/s1. The number of amides is 1. The molecule has 0 heterocycles. The van der Waals surface area contributed by atoms with Gasteiger partial charge in [0.05, 0.1) is 12.1 Å². The lowest BCUT2D eigenvalue weighted by molar-refractivity contribution is -0.122. The molecule has 0 saturated carbocycles. The summed E-state index contributed by atoms with van der Waals surface area (Å²) in [4.78, 5) is 14.7. The van der Waals surface area contributed by atoms with Gasteiger partial charge in [0.1, 0.15) is 0 Å². The molecule has 1 amide bonds. The van der Waals surface area contributed by atoms with Gasteiger partial charge < -0.3 is 15.3 Å². The molecule has 26 heavy (non-hydrogen) atoms. The Labute approximate surface area is 155 Å². The van der Waals surface area contributed by atoms with E-state index in [4.69, 9.17) is 0 Å². The number of likely N-dealkylation sites (N-methyl/N-ethyl adjacent to an activating group) is 1. The third kappa shape index (κ3) is 4.51. The molecule has 4 heteroatoms. The summed E-state index contributed by atoms with van der Waals surface area (Å²) in [5.74, 6) is 0.00525. The van der Waals surface area contributed by atoms with Crippen molar-refractivity contribution >= 4 is 5.91 Å². The van der Waals surface area contributed by atoms with Crippen molar-refractivity contribution in [3.8, 4) is 0 Å². The first-order valence-electron chi connectivity index (χ1n) is 9.30. The third-order valence-corrected chi connectivity index (χ3v) is 5.27. The molecule has 4 nitrogen and oxygen atoms in total. The zero-order valence-corrected chi connectivity index (χ0v) is 15.6. The first-order chi connectivity index (χ1) is 12.5. The Bertz CT molecular complexity index is 730. The van der Waals surface area contributed by atoms with Gasteiger partial charge in [-0.3, -0.25) is 4.79 Å². The molecule has 0 saturated heterocycles. The number of rotatable bonds is 7.